The van der Waals surface area contributed by atoms with E-state index in [0.717, 1.165) is 61.2 Å². The number of allylic oxidation sites excluding steroid dienone is 5. The van der Waals surface area contributed by atoms with Crippen molar-refractivity contribution >= 4 is 46.7 Å². The lowest BCUT2D eigenvalue weighted by Gasteiger charge is -2.20. The van der Waals surface area contributed by atoms with Gasteiger partial charge in [0.1, 0.15) is 30.4 Å². The number of anilines is 2. The van der Waals surface area contributed by atoms with Crippen LogP contribution in [-0.4, -0.2) is 65.5 Å². The number of nitrogens with zero attached hydrogens (tertiary/aromatic N) is 5. The van der Waals surface area contributed by atoms with Gasteiger partial charge in [0.2, 0.25) is 0 Å². The Morgan fingerprint density at radius 3 is 2.25 bits per heavy atom. The molecule has 0 aliphatic rings. The van der Waals surface area contributed by atoms with Crippen LogP contribution in [0.5, 0.6) is 0 Å². The van der Waals surface area contributed by atoms with Crippen molar-refractivity contribution in [3.05, 3.63) is 119 Å². The Morgan fingerprint density at radius 1 is 0.929 bits per heavy atom. The van der Waals surface area contributed by atoms with Gasteiger partial charge in [0.05, 0.1) is 17.6 Å². The maximum absolute atomic E-state index is 13.5. The van der Waals surface area contributed by atoms with Gasteiger partial charge in [0.25, 0.3) is 5.91 Å². The fourth-order valence-electron chi connectivity index (χ4n) is 5.44. The summed E-state index contributed by atoms with van der Waals surface area (Å²) in [5.74, 6) is 1.06. The highest BCUT2D eigenvalue weighted by atomic mass is 16.5. The number of aryl methyl sites for hydroxylation is 1. The minimum atomic E-state index is -0.740. The maximum Gasteiger partial charge on any atom is 0.435 e. The van der Waals surface area contributed by atoms with Crippen LogP contribution in [0.2, 0.25) is 0 Å². The predicted molar refractivity (Wildman–Crippen MR) is 226 cm³/mol. The summed E-state index contributed by atoms with van der Waals surface area (Å²) in [6.07, 6.45) is 12.3. The van der Waals surface area contributed by atoms with E-state index in [0.29, 0.717) is 29.0 Å². The number of aldehydes is 1. The molecule has 4 aromatic rings. The lowest BCUT2D eigenvalue weighted by atomic mass is 10.1. The van der Waals surface area contributed by atoms with Crippen molar-refractivity contribution in [1.82, 2.24) is 14.5 Å². The molecule has 12 heteroatoms. The molecule has 0 fully saturated rings. The van der Waals surface area contributed by atoms with E-state index in [1.165, 1.54) is 16.0 Å². The zero-order chi connectivity index (χ0) is 40.9. The van der Waals surface area contributed by atoms with Gasteiger partial charge in [0, 0.05) is 56.7 Å². The summed E-state index contributed by atoms with van der Waals surface area (Å²) in [5, 5.41) is 3.36. The van der Waals surface area contributed by atoms with Gasteiger partial charge < -0.3 is 29.9 Å². The summed E-state index contributed by atoms with van der Waals surface area (Å²) in [5.41, 5.74) is 13.4. The minimum absolute atomic E-state index is 0.0689. The second kappa shape index (κ2) is 23.8. The first-order chi connectivity index (χ1) is 27.0. The number of carbonyl (C=O) groups is 3. The van der Waals surface area contributed by atoms with E-state index >= 15 is 0 Å². The third-order valence-corrected chi connectivity index (χ3v) is 8.75. The number of amides is 2. The van der Waals surface area contributed by atoms with E-state index in [2.05, 4.69) is 53.0 Å². The number of hydrogen-bond donors (Lipinski definition) is 2. The summed E-state index contributed by atoms with van der Waals surface area (Å²) in [6.45, 7) is 12.0. The minimum Gasteiger partial charge on any atom is -0.444 e. The molecule has 0 saturated heterocycles. The first-order valence-electron chi connectivity index (χ1n) is 18.9. The largest absolute Gasteiger partial charge is 0.444 e. The van der Waals surface area contributed by atoms with Crippen molar-refractivity contribution in [2.45, 2.75) is 73.3 Å². The maximum atomic E-state index is 13.5. The molecule has 0 spiro atoms. The number of aromatic nitrogens is 3. The van der Waals surface area contributed by atoms with E-state index in [1.807, 2.05) is 49.7 Å². The Hall–Kier alpha value is -5.88. The summed E-state index contributed by atoms with van der Waals surface area (Å²) in [7, 11) is 3.60. The molecular weight excluding hydrogens is 707 g/mol. The van der Waals surface area contributed by atoms with Crippen molar-refractivity contribution in [3.8, 4) is 0 Å². The first-order valence-corrected chi connectivity index (χ1v) is 18.9. The number of hydrogen-bond acceptors (Lipinski definition) is 8. The van der Waals surface area contributed by atoms with Crippen molar-refractivity contribution in [3.63, 3.8) is 0 Å². The molecule has 2 heterocycles. The van der Waals surface area contributed by atoms with Crippen molar-refractivity contribution in [1.29, 1.82) is 0 Å². The van der Waals surface area contributed by atoms with Gasteiger partial charge in [-0.15, -0.1) is 0 Å². The fraction of sp³-hybridized carbons (Fsp3) is 0.364. The van der Waals surface area contributed by atoms with Crippen LogP contribution >= 0.6 is 0 Å². The van der Waals surface area contributed by atoms with E-state index in [4.69, 9.17) is 15.5 Å². The Balaban J connectivity index is 0.00000200. The van der Waals surface area contributed by atoms with E-state index in [1.54, 1.807) is 55.8 Å². The van der Waals surface area contributed by atoms with Gasteiger partial charge in [-0.25, -0.2) is 14.8 Å². The number of ether oxygens (including phenoxy) is 2. The molecule has 0 aliphatic carbocycles. The standard InChI is InChI=1S/C41H49N7O4.C3H8O/c1-29(2)11-8-12-30(3)13-9-14-31(4)22-26-52-41(51)46-39(42)32-16-19-34(20-17-32)44-28-38-45-35-27-33(18-21-36(35)47(38)5)40(50)48(24-10-25-49)37-15-6-7-23-43-37;1-3-4-2/h6-7,11,13,15-23,25,27,44H,8-10,12,14,24,26,28H2,1-5H3,(H2,42,46,51);3H2,1-2H3/b30-13+,31-22+;. The SMILES string of the molecule is CC(C)=CCC/C(C)=C/CC/C(C)=C/COC(=O)/N=C(/N)c1ccc(NCc2nc3cc(C(=O)N(CCC=O)c4ccccn4)ccc3n2C)cc1.CCOC. The highest BCUT2D eigenvalue weighted by molar-refractivity contribution is 6.07. The molecule has 0 saturated carbocycles. The summed E-state index contributed by atoms with van der Waals surface area (Å²) >= 11 is 0. The van der Waals surface area contributed by atoms with Gasteiger partial charge in [-0.05, 0) is 121 Å². The van der Waals surface area contributed by atoms with Crippen LogP contribution in [0.1, 0.15) is 88.5 Å². The summed E-state index contributed by atoms with van der Waals surface area (Å²) in [6, 6.07) is 17.9. The molecule has 3 N–H and O–H groups in total. The molecule has 0 radical (unpaired) electrons. The van der Waals surface area contributed by atoms with Crippen LogP contribution < -0.4 is 16.0 Å². The number of rotatable bonds is 18. The number of benzene rings is 2. The third kappa shape index (κ3) is 14.7. The quantitative estimate of drug-likeness (QED) is 0.0438. The smallest absolute Gasteiger partial charge is 0.435 e. The summed E-state index contributed by atoms with van der Waals surface area (Å²) < 4.78 is 11.8. The molecule has 0 bridgehead atoms. The lowest BCUT2D eigenvalue weighted by molar-refractivity contribution is -0.107. The molecule has 298 valence electrons. The highest BCUT2D eigenvalue weighted by Gasteiger charge is 2.20. The number of methoxy groups -OCH3 is 1. The van der Waals surface area contributed by atoms with Crippen molar-refractivity contribution in [2.75, 3.05) is 37.1 Å². The van der Waals surface area contributed by atoms with Crippen LogP contribution in [0.25, 0.3) is 11.0 Å². The number of pyridine rings is 1. The van der Waals surface area contributed by atoms with Gasteiger partial charge in [0.15, 0.2) is 0 Å². The fourth-order valence-corrected chi connectivity index (χ4v) is 5.44. The number of fused-ring (bicyclic) bond motifs is 1. The van der Waals surface area contributed by atoms with Crippen LogP contribution in [0.4, 0.5) is 16.3 Å². The topological polar surface area (TPSA) is 154 Å². The Kier molecular flexibility index (Phi) is 18.9. The van der Waals surface area contributed by atoms with Crippen LogP contribution in [0, 0.1) is 0 Å². The Morgan fingerprint density at radius 2 is 1.61 bits per heavy atom. The lowest BCUT2D eigenvalue weighted by Crippen LogP contribution is -2.32. The third-order valence-electron chi connectivity index (χ3n) is 8.75. The van der Waals surface area contributed by atoms with Gasteiger partial charge in [-0.2, -0.15) is 4.99 Å². The molecule has 0 unspecified atom stereocenters. The van der Waals surface area contributed by atoms with E-state index in [9.17, 15) is 14.4 Å². The zero-order valence-corrected chi connectivity index (χ0v) is 33.9. The molecule has 56 heavy (non-hydrogen) atoms. The van der Waals surface area contributed by atoms with Gasteiger partial charge in [-0.1, -0.05) is 34.9 Å². The van der Waals surface area contributed by atoms with E-state index in [-0.39, 0.29) is 31.3 Å². The highest BCUT2D eigenvalue weighted by Crippen LogP contribution is 2.21. The molecule has 0 atom stereocenters. The molecule has 2 aromatic heterocycles. The van der Waals surface area contributed by atoms with Gasteiger partial charge in [-0.3, -0.25) is 9.69 Å². The van der Waals surface area contributed by atoms with Crippen LogP contribution in [-0.2, 0) is 27.9 Å². The predicted octanol–water partition coefficient (Wildman–Crippen LogP) is 8.73. The average Bonchev–Trinajstić information content (AvgIpc) is 3.51. The number of imidazole rings is 1. The molecule has 2 amide bonds. The number of carbonyl (C=O) groups excluding carboxylic acids is 3. The molecule has 12 nitrogen and oxygen atoms in total. The van der Waals surface area contributed by atoms with Gasteiger partial charge >= 0.3 is 6.09 Å². The van der Waals surface area contributed by atoms with Crippen molar-refractivity contribution in [2.24, 2.45) is 17.8 Å². The second-order valence-electron chi connectivity index (χ2n) is 13.4. The number of amidine groups is 1. The monoisotopic (exact) mass is 763 g/mol. The first kappa shape index (κ1) is 44.5. The number of nitrogens with two attached hydrogens (primary N) is 1. The van der Waals surface area contributed by atoms with E-state index < -0.39 is 6.09 Å². The zero-order valence-electron chi connectivity index (χ0n) is 33.9. The number of aliphatic imine (C=N–C) groups is 1. The molecule has 0 aliphatic heterocycles. The summed E-state index contributed by atoms with van der Waals surface area (Å²) in [4.78, 5) is 51.3. The molecular formula is C44H57N7O5. The number of nitrogens with one attached hydrogen (secondary N) is 1. The Bertz CT molecular complexity index is 1990. The van der Waals surface area contributed by atoms with Crippen LogP contribution in [0.3, 0.4) is 0 Å². The van der Waals surface area contributed by atoms with Crippen molar-refractivity contribution < 1.29 is 23.9 Å². The second-order valence-corrected chi connectivity index (χ2v) is 13.4. The molecule has 4 rings (SSSR count). The van der Waals surface area contributed by atoms with Crippen LogP contribution in [0.15, 0.2) is 107 Å². The molecule has 2 aromatic carbocycles. The Labute approximate surface area is 331 Å². The normalized spacial score (nSPS) is 11.7. The average molecular weight is 764 g/mol.